The van der Waals surface area contributed by atoms with Gasteiger partial charge in [-0.25, -0.2) is 0 Å². The first-order valence-corrected chi connectivity index (χ1v) is 5.94. The molecule has 0 aromatic heterocycles. The molecule has 1 aliphatic rings. The van der Waals surface area contributed by atoms with Crippen LogP contribution in [0.4, 0.5) is 5.69 Å². The van der Waals surface area contributed by atoms with Crippen molar-refractivity contribution >= 4 is 22.4 Å². The highest BCUT2D eigenvalue weighted by molar-refractivity contribution is 6.24. The Labute approximate surface area is 101 Å². The van der Waals surface area contributed by atoms with Crippen LogP contribution in [0.5, 0.6) is 0 Å². The number of hydrogen-bond acceptors (Lipinski definition) is 1. The van der Waals surface area contributed by atoms with Gasteiger partial charge in [-0.15, -0.1) is 0 Å². The highest BCUT2D eigenvalue weighted by atomic mass is 16.2. The van der Waals surface area contributed by atoms with Crippen LogP contribution >= 0.6 is 0 Å². The van der Waals surface area contributed by atoms with E-state index in [1.807, 2.05) is 19.2 Å². The number of rotatable bonds is 1. The van der Waals surface area contributed by atoms with Gasteiger partial charge in [0.15, 0.2) is 0 Å². The van der Waals surface area contributed by atoms with Crippen LogP contribution in [0, 0.1) is 0 Å². The molecule has 3 rings (SSSR count). The molecule has 2 aromatic rings. The molecular weight excluding hydrogens is 210 g/mol. The maximum Gasteiger partial charge on any atom is 0.258 e. The summed E-state index contributed by atoms with van der Waals surface area (Å²) in [4.78, 5) is 13.8. The largest absolute Gasteiger partial charge is 0.311 e. The van der Waals surface area contributed by atoms with Gasteiger partial charge in [-0.05, 0) is 29.0 Å². The fraction of sp³-hybridized carbons (Fsp3) is 0.267. The number of amides is 1. The summed E-state index contributed by atoms with van der Waals surface area (Å²) in [6, 6.07) is 10.3. The van der Waals surface area contributed by atoms with Crippen LogP contribution in [-0.2, 0) is 0 Å². The normalized spacial score (nSPS) is 14.1. The molecule has 0 fully saturated rings. The van der Waals surface area contributed by atoms with E-state index in [-0.39, 0.29) is 5.91 Å². The van der Waals surface area contributed by atoms with E-state index in [2.05, 4.69) is 32.0 Å². The maximum atomic E-state index is 12.1. The first-order chi connectivity index (χ1) is 8.09. The molecule has 0 saturated heterocycles. The Balaban J connectivity index is 2.41. The Morgan fingerprint density at radius 2 is 1.94 bits per heavy atom. The van der Waals surface area contributed by atoms with Gasteiger partial charge in [0.25, 0.3) is 5.91 Å². The molecule has 0 unspecified atom stereocenters. The SMILES string of the molecule is CC(C)c1cc2c3c(cccc3c1)C(=O)N2C. The molecule has 0 bridgehead atoms. The molecule has 1 amide bonds. The molecule has 0 radical (unpaired) electrons. The van der Waals surface area contributed by atoms with E-state index in [0.29, 0.717) is 5.92 Å². The van der Waals surface area contributed by atoms with Crippen molar-refractivity contribution < 1.29 is 4.79 Å². The number of benzene rings is 2. The van der Waals surface area contributed by atoms with Crippen molar-refractivity contribution in [3.8, 4) is 0 Å². The van der Waals surface area contributed by atoms with E-state index in [1.54, 1.807) is 4.90 Å². The van der Waals surface area contributed by atoms with Crippen molar-refractivity contribution in [3.05, 3.63) is 41.5 Å². The smallest absolute Gasteiger partial charge is 0.258 e. The summed E-state index contributed by atoms with van der Waals surface area (Å²) < 4.78 is 0. The van der Waals surface area contributed by atoms with Gasteiger partial charge in [-0.3, -0.25) is 4.79 Å². The zero-order valence-electron chi connectivity index (χ0n) is 10.3. The lowest BCUT2D eigenvalue weighted by Crippen LogP contribution is -2.20. The van der Waals surface area contributed by atoms with E-state index in [0.717, 1.165) is 16.6 Å². The number of anilines is 1. The van der Waals surface area contributed by atoms with Gasteiger partial charge in [0.05, 0.1) is 5.69 Å². The Kier molecular flexibility index (Phi) is 2.02. The average molecular weight is 225 g/mol. The quantitative estimate of drug-likeness (QED) is 0.726. The summed E-state index contributed by atoms with van der Waals surface area (Å²) in [5.74, 6) is 0.579. The summed E-state index contributed by atoms with van der Waals surface area (Å²) in [6.45, 7) is 4.35. The first kappa shape index (κ1) is 10.3. The summed E-state index contributed by atoms with van der Waals surface area (Å²) in [5, 5.41) is 2.27. The standard InChI is InChI=1S/C15H15NO/c1-9(2)11-7-10-5-4-6-12-14(10)13(8-11)16(3)15(12)17/h4-9H,1-3H3. The molecular formula is C15H15NO. The Bertz CT molecular complexity index is 628. The molecule has 1 aliphatic heterocycles. The van der Waals surface area contributed by atoms with Crippen LogP contribution < -0.4 is 4.90 Å². The van der Waals surface area contributed by atoms with Gasteiger partial charge in [0.2, 0.25) is 0 Å². The van der Waals surface area contributed by atoms with Crippen molar-refractivity contribution in [3.63, 3.8) is 0 Å². The van der Waals surface area contributed by atoms with Crippen molar-refractivity contribution in [2.24, 2.45) is 0 Å². The molecule has 2 heteroatoms. The average Bonchev–Trinajstić information content (AvgIpc) is 2.57. The number of carbonyl (C=O) groups excluding carboxylic acids is 1. The highest BCUT2D eigenvalue weighted by Crippen LogP contribution is 2.38. The summed E-state index contributed by atoms with van der Waals surface area (Å²) in [6.07, 6.45) is 0. The Morgan fingerprint density at radius 3 is 2.65 bits per heavy atom. The lowest BCUT2D eigenvalue weighted by molar-refractivity contribution is 0.0999. The van der Waals surface area contributed by atoms with Gasteiger partial charge in [0, 0.05) is 18.0 Å². The summed E-state index contributed by atoms with van der Waals surface area (Å²) in [7, 11) is 1.85. The molecule has 17 heavy (non-hydrogen) atoms. The van der Waals surface area contributed by atoms with Crippen LogP contribution in [-0.4, -0.2) is 13.0 Å². The lowest BCUT2D eigenvalue weighted by Gasteiger charge is -2.13. The lowest BCUT2D eigenvalue weighted by atomic mass is 9.97. The fourth-order valence-electron chi connectivity index (χ4n) is 2.49. The maximum absolute atomic E-state index is 12.1. The zero-order chi connectivity index (χ0) is 12.2. The minimum Gasteiger partial charge on any atom is -0.311 e. The minimum absolute atomic E-state index is 0.103. The fourth-order valence-corrected chi connectivity index (χ4v) is 2.49. The molecule has 86 valence electrons. The second kappa shape index (κ2) is 3.33. The van der Waals surface area contributed by atoms with Gasteiger partial charge >= 0.3 is 0 Å². The Hall–Kier alpha value is -1.83. The number of hydrogen-bond donors (Lipinski definition) is 0. The van der Waals surface area contributed by atoms with E-state index in [9.17, 15) is 4.79 Å². The molecule has 0 spiro atoms. The predicted octanol–water partition coefficient (Wildman–Crippen LogP) is 3.55. The number of carbonyl (C=O) groups is 1. The van der Waals surface area contributed by atoms with Crippen LogP contribution in [0.3, 0.4) is 0 Å². The summed E-state index contributed by atoms with van der Waals surface area (Å²) in [5.41, 5.74) is 3.16. The molecule has 0 atom stereocenters. The second-order valence-electron chi connectivity index (χ2n) is 4.96. The van der Waals surface area contributed by atoms with Crippen LogP contribution in [0.25, 0.3) is 10.8 Å². The minimum atomic E-state index is 0.103. The number of nitrogens with zero attached hydrogens (tertiary/aromatic N) is 1. The third-order valence-electron chi connectivity index (χ3n) is 3.54. The molecule has 0 aliphatic carbocycles. The predicted molar refractivity (Wildman–Crippen MR) is 70.8 cm³/mol. The van der Waals surface area contributed by atoms with Crippen molar-refractivity contribution in [2.75, 3.05) is 11.9 Å². The van der Waals surface area contributed by atoms with Gasteiger partial charge in [-0.2, -0.15) is 0 Å². The molecule has 0 saturated carbocycles. The van der Waals surface area contributed by atoms with Crippen molar-refractivity contribution in [1.29, 1.82) is 0 Å². The summed E-state index contributed by atoms with van der Waals surface area (Å²) >= 11 is 0. The third-order valence-corrected chi connectivity index (χ3v) is 3.54. The monoisotopic (exact) mass is 225 g/mol. The Morgan fingerprint density at radius 1 is 1.18 bits per heavy atom. The second-order valence-corrected chi connectivity index (χ2v) is 4.96. The van der Waals surface area contributed by atoms with Gasteiger partial charge in [0.1, 0.15) is 0 Å². The zero-order valence-corrected chi connectivity index (χ0v) is 10.3. The van der Waals surface area contributed by atoms with E-state index < -0.39 is 0 Å². The topological polar surface area (TPSA) is 20.3 Å². The molecule has 2 nitrogen and oxygen atoms in total. The molecule has 0 N–H and O–H groups in total. The highest BCUT2D eigenvalue weighted by Gasteiger charge is 2.27. The van der Waals surface area contributed by atoms with E-state index in [1.165, 1.54) is 10.9 Å². The van der Waals surface area contributed by atoms with Crippen molar-refractivity contribution in [1.82, 2.24) is 0 Å². The van der Waals surface area contributed by atoms with Crippen LogP contribution in [0.2, 0.25) is 0 Å². The third kappa shape index (κ3) is 1.30. The van der Waals surface area contributed by atoms with Crippen LogP contribution in [0.1, 0.15) is 35.7 Å². The molecule has 2 aromatic carbocycles. The van der Waals surface area contributed by atoms with Gasteiger partial charge < -0.3 is 4.90 Å². The van der Waals surface area contributed by atoms with E-state index >= 15 is 0 Å². The van der Waals surface area contributed by atoms with Crippen molar-refractivity contribution in [2.45, 2.75) is 19.8 Å². The first-order valence-electron chi connectivity index (χ1n) is 5.94. The van der Waals surface area contributed by atoms with Crippen LogP contribution in [0.15, 0.2) is 30.3 Å². The van der Waals surface area contributed by atoms with E-state index in [4.69, 9.17) is 0 Å². The molecule has 1 heterocycles. The van der Waals surface area contributed by atoms with Gasteiger partial charge in [-0.1, -0.05) is 32.0 Å².